The van der Waals surface area contributed by atoms with Gasteiger partial charge in [-0.2, -0.15) is 0 Å². The van der Waals surface area contributed by atoms with Gasteiger partial charge in [-0.15, -0.1) is 0 Å². The molecule has 1 fully saturated rings. The summed E-state index contributed by atoms with van der Waals surface area (Å²) in [5.41, 5.74) is 0.0641. The Morgan fingerprint density at radius 2 is 2.05 bits per heavy atom. The molecule has 2 aromatic heterocycles. The molecule has 0 aliphatic carbocycles. The zero-order chi connectivity index (χ0) is 27.5. The molecule has 4 heterocycles. The van der Waals surface area contributed by atoms with Crippen LogP contribution in [0.2, 0.25) is 0 Å². The molecule has 2 amide bonds. The van der Waals surface area contributed by atoms with Gasteiger partial charge in [0.05, 0.1) is 18.7 Å². The van der Waals surface area contributed by atoms with E-state index < -0.39 is 48.2 Å². The number of imidazole rings is 1. The summed E-state index contributed by atoms with van der Waals surface area (Å²) in [6.07, 6.45) is 3.56. The smallest absolute Gasteiger partial charge is 0.414 e. The molecule has 12 nitrogen and oxygen atoms in total. The average molecular weight is 543 g/mol. The Bertz CT molecular complexity index is 1370. The van der Waals surface area contributed by atoms with Crippen LogP contribution in [0, 0.1) is 11.6 Å². The fourth-order valence-electron chi connectivity index (χ4n) is 4.37. The van der Waals surface area contributed by atoms with Gasteiger partial charge in [-0.3, -0.25) is 19.1 Å². The molecule has 1 saturated heterocycles. The van der Waals surface area contributed by atoms with Gasteiger partial charge < -0.3 is 24.0 Å². The van der Waals surface area contributed by atoms with Crippen molar-refractivity contribution in [2.75, 3.05) is 31.1 Å². The molecular formula is C25H23F2N5O7. The number of aliphatic hydroxyl groups is 1. The molecule has 2 aliphatic rings. The van der Waals surface area contributed by atoms with Crippen molar-refractivity contribution in [2.45, 2.75) is 25.0 Å². The van der Waals surface area contributed by atoms with Crippen LogP contribution in [0.25, 0.3) is 5.57 Å². The summed E-state index contributed by atoms with van der Waals surface area (Å²) in [4.78, 5) is 43.2. The van der Waals surface area contributed by atoms with Gasteiger partial charge in [0.2, 0.25) is 5.91 Å². The predicted molar refractivity (Wildman–Crippen MR) is 129 cm³/mol. The number of nitrogens with zero attached hydrogens (tertiary/aromatic N) is 5. The maximum atomic E-state index is 15.1. The summed E-state index contributed by atoms with van der Waals surface area (Å²) in [5.74, 6) is -2.70. The van der Waals surface area contributed by atoms with Gasteiger partial charge in [0.1, 0.15) is 36.9 Å². The van der Waals surface area contributed by atoms with E-state index in [9.17, 15) is 19.5 Å². The fourth-order valence-corrected chi connectivity index (χ4v) is 4.37. The number of hydrogen-bond acceptors (Lipinski definition) is 9. The first kappa shape index (κ1) is 26.0. The Hall–Kier alpha value is -4.59. The first-order valence-electron chi connectivity index (χ1n) is 12.0. The number of cyclic esters (lactones) is 1. The van der Waals surface area contributed by atoms with Gasteiger partial charge in [-0.25, -0.2) is 18.6 Å². The summed E-state index contributed by atoms with van der Waals surface area (Å²) in [6, 6.07) is 3.58. The lowest BCUT2D eigenvalue weighted by molar-refractivity contribution is -0.139. The molecule has 1 N–H and O–H groups in total. The van der Waals surface area contributed by atoms with Gasteiger partial charge in [0.25, 0.3) is 11.8 Å². The van der Waals surface area contributed by atoms with Crippen LogP contribution in [0.3, 0.4) is 0 Å². The predicted octanol–water partition coefficient (Wildman–Crippen LogP) is 2.26. The van der Waals surface area contributed by atoms with Crippen LogP contribution < -0.4 is 9.64 Å². The third-order valence-corrected chi connectivity index (χ3v) is 6.33. The highest BCUT2D eigenvalue weighted by molar-refractivity contribution is 5.90. The van der Waals surface area contributed by atoms with Crippen LogP contribution >= 0.6 is 0 Å². The number of anilines is 1. The highest BCUT2D eigenvalue weighted by atomic mass is 19.1. The van der Waals surface area contributed by atoms with Crippen LogP contribution in [-0.2, 0) is 9.53 Å². The number of hydrogen-bond donors (Lipinski definition) is 1. The van der Waals surface area contributed by atoms with Gasteiger partial charge in [0.15, 0.2) is 6.10 Å². The van der Waals surface area contributed by atoms with Crippen molar-refractivity contribution in [3.63, 3.8) is 0 Å². The minimum absolute atomic E-state index is 0.00320. The molecule has 0 bridgehead atoms. The van der Waals surface area contributed by atoms with E-state index in [-0.39, 0.29) is 49.8 Å². The number of halogens is 2. The Balaban J connectivity index is 1.21. The minimum Gasteiger partial charge on any atom is -0.471 e. The highest BCUT2D eigenvalue weighted by Crippen LogP contribution is 2.32. The van der Waals surface area contributed by atoms with E-state index >= 15 is 8.78 Å². The summed E-state index contributed by atoms with van der Waals surface area (Å²) in [7, 11) is 0. The average Bonchev–Trinajstić information content (AvgIpc) is 3.69. The molecule has 0 saturated carbocycles. The Labute approximate surface area is 220 Å². The monoisotopic (exact) mass is 543 g/mol. The molecule has 204 valence electrons. The van der Waals surface area contributed by atoms with Crippen LogP contribution in [0.5, 0.6) is 5.88 Å². The summed E-state index contributed by atoms with van der Waals surface area (Å²) >= 11 is 0. The zero-order valence-corrected chi connectivity index (χ0v) is 20.4. The van der Waals surface area contributed by atoms with Crippen molar-refractivity contribution < 1.29 is 42.3 Å². The van der Waals surface area contributed by atoms with Crippen LogP contribution in [0.4, 0.5) is 19.3 Å². The number of carbonyl (C=O) groups excluding carboxylic acids is 3. The quantitative estimate of drug-likeness (QED) is 0.453. The van der Waals surface area contributed by atoms with Crippen molar-refractivity contribution in [3.05, 3.63) is 66.5 Å². The third-order valence-electron chi connectivity index (χ3n) is 6.33. The topological polar surface area (TPSA) is 140 Å². The van der Waals surface area contributed by atoms with E-state index in [1.54, 1.807) is 0 Å². The SMILES string of the molecule is O=C(C(O)CC(=O)n1ccnc1)N1CC=C(c2c(F)cc(N3C[C@H](COc4ccon4)OC3=O)cc2F)CC1. The number of amides is 2. The van der Waals surface area contributed by atoms with E-state index in [0.717, 1.165) is 21.6 Å². The summed E-state index contributed by atoms with van der Waals surface area (Å²) in [5, 5.41) is 13.8. The zero-order valence-electron chi connectivity index (χ0n) is 20.4. The van der Waals surface area contributed by atoms with E-state index in [2.05, 4.69) is 14.7 Å². The molecule has 1 unspecified atom stereocenters. The van der Waals surface area contributed by atoms with E-state index in [0.29, 0.717) is 5.57 Å². The molecule has 1 aromatic carbocycles. The largest absolute Gasteiger partial charge is 0.471 e. The summed E-state index contributed by atoms with van der Waals surface area (Å²) in [6.45, 7) is 0.0801. The molecule has 3 aromatic rings. The van der Waals surface area contributed by atoms with Crippen LogP contribution in [0.1, 0.15) is 23.2 Å². The first-order chi connectivity index (χ1) is 18.8. The normalized spacial score (nSPS) is 18.1. The minimum atomic E-state index is -1.56. The van der Waals surface area contributed by atoms with Crippen molar-refractivity contribution >= 4 is 29.2 Å². The molecule has 0 spiro atoms. The Morgan fingerprint density at radius 3 is 2.69 bits per heavy atom. The standard InChI is InChI=1S/C25H23F2N5O7/c26-18-9-16(32-12-17(39-25(32)36)13-37-21-3-8-38-29-21)10-19(27)23(18)15-1-5-30(6-2-15)24(35)20(33)11-22(34)31-7-4-28-14-31/h1,3-4,7-10,14,17,20,33H,2,5-6,11-13H2/t17-,20?/m1/s1. The molecule has 0 radical (unpaired) electrons. The number of rotatable bonds is 8. The van der Waals surface area contributed by atoms with E-state index in [4.69, 9.17) is 9.47 Å². The lowest BCUT2D eigenvalue weighted by Crippen LogP contribution is -2.42. The van der Waals surface area contributed by atoms with E-state index in [1.165, 1.54) is 42.0 Å². The second-order valence-electron chi connectivity index (χ2n) is 8.90. The molecule has 39 heavy (non-hydrogen) atoms. The highest BCUT2D eigenvalue weighted by Gasteiger charge is 2.34. The Morgan fingerprint density at radius 1 is 1.26 bits per heavy atom. The van der Waals surface area contributed by atoms with Gasteiger partial charge in [0, 0.05) is 37.1 Å². The number of carbonyl (C=O) groups is 3. The van der Waals surface area contributed by atoms with Crippen molar-refractivity contribution in [1.82, 2.24) is 19.6 Å². The first-order valence-corrected chi connectivity index (χ1v) is 12.0. The lowest BCUT2D eigenvalue weighted by atomic mass is 9.97. The molecular weight excluding hydrogens is 520 g/mol. The van der Waals surface area contributed by atoms with Gasteiger partial charge in [-0.05, 0) is 29.3 Å². The lowest BCUT2D eigenvalue weighted by Gasteiger charge is -2.28. The summed E-state index contributed by atoms with van der Waals surface area (Å²) < 4.78 is 46.6. The molecule has 14 heteroatoms. The fraction of sp³-hybridized carbons (Fsp3) is 0.320. The second-order valence-corrected chi connectivity index (χ2v) is 8.90. The van der Waals surface area contributed by atoms with Gasteiger partial charge in [-0.1, -0.05) is 6.08 Å². The van der Waals surface area contributed by atoms with Crippen molar-refractivity contribution in [2.24, 2.45) is 0 Å². The maximum absolute atomic E-state index is 15.1. The third kappa shape index (κ3) is 5.65. The van der Waals surface area contributed by atoms with Crippen LogP contribution in [0.15, 0.2) is 53.8 Å². The number of benzene rings is 1. The number of aromatic nitrogens is 3. The van der Waals surface area contributed by atoms with Crippen molar-refractivity contribution in [1.29, 1.82) is 0 Å². The number of aliphatic hydroxyl groups excluding tert-OH is 1. The number of ether oxygens (including phenoxy) is 2. The van der Waals surface area contributed by atoms with Gasteiger partial charge >= 0.3 is 6.09 Å². The van der Waals surface area contributed by atoms with Crippen molar-refractivity contribution in [3.8, 4) is 5.88 Å². The Kier molecular flexibility index (Phi) is 7.36. The molecule has 2 aliphatic heterocycles. The molecule has 5 rings (SSSR count). The van der Waals surface area contributed by atoms with Crippen LogP contribution in [-0.4, -0.2) is 81.1 Å². The maximum Gasteiger partial charge on any atom is 0.414 e. The second kappa shape index (κ2) is 11.0. The molecule has 2 atom stereocenters. The van der Waals surface area contributed by atoms with E-state index in [1.807, 2.05) is 0 Å².